The van der Waals surface area contributed by atoms with Gasteiger partial charge in [-0.25, -0.2) is 9.59 Å². The Bertz CT molecular complexity index is 2810. The molecular formula is C56H44N4O8. The van der Waals surface area contributed by atoms with Gasteiger partial charge < -0.3 is 18.9 Å². The molecule has 1 aliphatic carbocycles. The molecule has 0 N–H and O–H groups in total. The highest BCUT2D eigenvalue weighted by molar-refractivity contribution is 5.92. The Kier molecular flexibility index (Phi) is 15.2. The summed E-state index contributed by atoms with van der Waals surface area (Å²) < 4.78 is 25.1. The summed E-state index contributed by atoms with van der Waals surface area (Å²) in [7, 11) is 0. The lowest BCUT2D eigenvalue weighted by molar-refractivity contribution is -0.135. The van der Waals surface area contributed by atoms with Gasteiger partial charge in [-0.15, -0.1) is 0 Å². The molecule has 1 aliphatic rings. The summed E-state index contributed by atoms with van der Waals surface area (Å²) in [5.74, 6) is -1.82. The minimum absolute atomic E-state index is 0.0127. The van der Waals surface area contributed by atoms with Gasteiger partial charge in [0, 0.05) is 83.0 Å². The number of rotatable bonds is 12. The molecule has 336 valence electrons. The summed E-state index contributed by atoms with van der Waals surface area (Å²) in [6.45, 7) is 3.31. The lowest BCUT2D eigenvalue weighted by atomic mass is 9.87. The summed E-state index contributed by atoms with van der Waals surface area (Å²) in [6.07, 6.45) is -0.248. The molecule has 0 aromatic heterocycles. The molecule has 0 spiro atoms. The third kappa shape index (κ3) is 11.1. The molecule has 0 saturated carbocycles. The van der Waals surface area contributed by atoms with Gasteiger partial charge in [-0.3, -0.25) is 9.59 Å². The fraction of sp³-hybridized carbons (Fsp3) is 0.214. The zero-order chi connectivity index (χ0) is 48.2. The molecule has 12 nitrogen and oxygen atoms in total. The number of carbonyl (C=O) groups is 4. The van der Waals surface area contributed by atoms with Crippen LogP contribution in [0.15, 0.2) is 109 Å². The molecule has 0 fully saturated rings. The maximum absolute atomic E-state index is 14.1. The summed E-state index contributed by atoms with van der Waals surface area (Å²) in [5, 5.41) is 40.2. The van der Waals surface area contributed by atoms with Crippen LogP contribution in [0.25, 0.3) is 0 Å². The molecule has 0 saturated heterocycles. The lowest BCUT2D eigenvalue weighted by Gasteiger charge is -2.23. The van der Waals surface area contributed by atoms with Gasteiger partial charge >= 0.3 is 23.9 Å². The minimum atomic E-state index is -0.673. The maximum Gasteiger partial charge on any atom is 0.343 e. The first-order chi connectivity index (χ1) is 33.0. The van der Waals surface area contributed by atoms with Crippen molar-refractivity contribution in [3.63, 3.8) is 0 Å². The summed E-state index contributed by atoms with van der Waals surface area (Å²) in [6, 6.07) is 39.7. The van der Waals surface area contributed by atoms with Crippen LogP contribution in [0.2, 0.25) is 0 Å². The highest BCUT2D eigenvalue weighted by Crippen LogP contribution is 2.42. The van der Waals surface area contributed by atoms with Gasteiger partial charge in [-0.1, -0.05) is 98.8 Å². The maximum atomic E-state index is 14.1. The minimum Gasteiger partial charge on any atom is -0.426 e. The first kappa shape index (κ1) is 47.1. The fourth-order valence-corrected chi connectivity index (χ4v) is 8.30. The van der Waals surface area contributed by atoms with E-state index in [1.807, 2.05) is 0 Å². The molecule has 0 aliphatic heterocycles. The van der Waals surface area contributed by atoms with Crippen LogP contribution in [0.3, 0.4) is 0 Å². The number of hydrogen-bond donors (Lipinski definition) is 0. The number of ether oxygens (including phenoxy) is 4. The largest absolute Gasteiger partial charge is 0.426 e. The van der Waals surface area contributed by atoms with Gasteiger partial charge in [0.1, 0.15) is 23.0 Å². The Labute approximate surface area is 394 Å². The van der Waals surface area contributed by atoms with Crippen molar-refractivity contribution in [2.75, 3.05) is 0 Å². The summed E-state index contributed by atoms with van der Waals surface area (Å²) in [5.41, 5.74) is 6.38. The Hall–Kier alpha value is -8.84. The van der Waals surface area contributed by atoms with E-state index >= 15 is 0 Å². The smallest absolute Gasteiger partial charge is 0.343 e. The molecule has 12 heteroatoms. The van der Waals surface area contributed by atoms with Crippen molar-refractivity contribution in [2.24, 2.45) is 0 Å². The van der Waals surface area contributed by atoms with Crippen molar-refractivity contribution >= 4 is 23.9 Å². The van der Waals surface area contributed by atoms with Gasteiger partial charge in [0.15, 0.2) is 0 Å². The van der Waals surface area contributed by atoms with E-state index < -0.39 is 23.9 Å². The van der Waals surface area contributed by atoms with Gasteiger partial charge in [0.2, 0.25) is 0 Å². The Morgan fingerprint density at radius 1 is 0.397 bits per heavy atom. The molecule has 7 rings (SSSR count). The average Bonchev–Trinajstić information content (AvgIpc) is 3.33. The van der Waals surface area contributed by atoms with Crippen LogP contribution >= 0.6 is 0 Å². The van der Waals surface area contributed by atoms with Crippen molar-refractivity contribution in [2.45, 2.75) is 78.1 Å². The zero-order valence-electron chi connectivity index (χ0n) is 37.5. The molecule has 0 amide bonds. The van der Waals surface area contributed by atoms with Crippen LogP contribution in [-0.2, 0) is 61.0 Å². The number of carbonyl (C=O) groups excluding carboxylic acids is 4. The Morgan fingerprint density at radius 3 is 0.853 bits per heavy atom. The second-order valence-electron chi connectivity index (χ2n) is 16.2. The van der Waals surface area contributed by atoms with Gasteiger partial charge in [-0.05, 0) is 46.5 Å². The van der Waals surface area contributed by atoms with E-state index in [9.17, 15) is 40.2 Å². The zero-order valence-corrected chi connectivity index (χ0v) is 37.5. The van der Waals surface area contributed by atoms with E-state index in [1.165, 1.54) is 0 Å². The molecular weight excluding hydrogens is 857 g/mol. The van der Waals surface area contributed by atoms with Crippen LogP contribution in [0, 0.1) is 45.3 Å². The molecule has 6 aromatic carbocycles. The summed E-state index contributed by atoms with van der Waals surface area (Å²) in [4.78, 5) is 55.0. The van der Waals surface area contributed by atoms with Crippen molar-refractivity contribution in [3.8, 4) is 47.3 Å². The van der Waals surface area contributed by atoms with E-state index in [4.69, 9.17) is 18.9 Å². The van der Waals surface area contributed by atoms with Crippen LogP contribution in [0.4, 0.5) is 0 Å². The van der Waals surface area contributed by atoms with Crippen molar-refractivity contribution in [3.05, 3.63) is 187 Å². The van der Waals surface area contributed by atoms with Crippen LogP contribution in [0.1, 0.15) is 114 Å². The number of fused-ring (bicyclic) bond motifs is 8. The van der Waals surface area contributed by atoms with Crippen molar-refractivity contribution < 1.29 is 38.1 Å². The normalized spacial score (nSPS) is 11.4. The van der Waals surface area contributed by atoms with Crippen molar-refractivity contribution in [1.82, 2.24) is 0 Å². The molecule has 0 atom stereocenters. The Balaban J connectivity index is 1.61. The van der Waals surface area contributed by atoms with E-state index in [1.54, 1.807) is 123 Å². The van der Waals surface area contributed by atoms with Crippen LogP contribution < -0.4 is 18.9 Å². The van der Waals surface area contributed by atoms with Gasteiger partial charge in [0.25, 0.3) is 0 Å². The fourth-order valence-electron chi connectivity index (χ4n) is 8.30. The number of esters is 4. The second-order valence-corrected chi connectivity index (χ2v) is 16.2. The first-order valence-electron chi connectivity index (χ1n) is 22.1. The third-order valence-electron chi connectivity index (χ3n) is 11.3. The molecule has 0 unspecified atom stereocenters. The number of benzene rings is 6. The van der Waals surface area contributed by atoms with Crippen LogP contribution in [0.5, 0.6) is 23.0 Å². The lowest BCUT2D eigenvalue weighted by Crippen LogP contribution is -2.16. The molecule has 68 heavy (non-hydrogen) atoms. The molecule has 6 aromatic rings. The SMILES string of the molecule is CCC(=O)Oc1c2cc(CC#N)cc1Cc1cc(CC#N)cc(c1OC(=O)c1ccccc1)Cc1cc(CC#N)cc(c1OC(=O)CC)Cc1cc(CC#N)cc(c1OC(=O)c1ccccc1)C2. The third-order valence-corrected chi connectivity index (χ3v) is 11.3. The van der Waals surface area contributed by atoms with E-state index in [-0.39, 0.29) is 98.3 Å². The summed E-state index contributed by atoms with van der Waals surface area (Å²) >= 11 is 0. The second kappa shape index (κ2) is 21.9. The number of nitriles is 4. The standard InChI is InChI=1S/C56H44N4O8/c1-3-49(61)65-51-41-23-35(15-19-57)24-42(51)32-46-28-38(18-22-60)30-48(54(46)68-56(64)40-13-9-6-10-14-40)34-44-26-36(16-20-58)25-43(52(44)66-50(62)4-2)33-47-29-37(17-21-59)27-45(31-41)53(47)67-55(63)39-11-7-5-8-12-39/h5-14,23-30H,3-4,15-18,31-34H2,1-2H3. The topological polar surface area (TPSA) is 200 Å². The highest BCUT2D eigenvalue weighted by Gasteiger charge is 2.27. The van der Waals surface area contributed by atoms with Crippen molar-refractivity contribution in [1.29, 1.82) is 21.0 Å². The molecule has 0 heterocycles. The predicted molar refractivity (Wildman–Crippen MR) is 249 cm³/mol. The average molecular weight is 901 g/mol. The van der Waals surface area contributed by atoms with Gasteiger partial charge in [-0.2, -0.15) is 21.0 Å². The predicted octanol–water partition coefficient (Wildman–Crippen LogP) is 9.70. The van der Waals surface area contributed by atoms with E-state index in [0.29, 0.717) is 66.8 Å². The van der Waals surface area contributed by atoms with E-state index in [2.05, 4.69) is 24.3 Å². The van der Waals surface area contributed by atoms with Crippen LogP contribution in [-0.4, -0.2) is 23.9 Å². The highest BCUT2D eigenvalue weighted by atomic mass is 16.5. The van der Waals surface area contributed by atoms with E-state index in [0.717, 1.165) is 0 Å². The number of hydrogen-bond acceptors (Lipinski definition) is 12. The molecule has 0 radical (unpaired) electrons. The number of nitrogens with zero attached hydrogens (tertiary/aromatic N) is 4. The first-order valence-corrected chi connectivity index (χ1v) is 22.1. The Morgan fingerprint density at radius 2 is 0.632 bits per heavy atom. The quantitative estimate of drug-likeness (QED) is 0.0832. The van der Waals surface area contributed by atoms with Gasteiger partial charge in [0.05, 0.1) is 61.1 Å². The monoisotopic (exact) mass is 900 g/mol. The molecule has 8 bridgehead atoms.